The Balaban J connectivity index is 2.04. The second-order valence-electron chi connectivity index (χ2n) is 7.18. The zero-order chi connectivity index (χ0) is 14.8. The Morgan fingerprint density at radius 1 is 1.35 bits per heavy atom. The number of nitrogens with zero attached hydrogens (tertiary/aromatic N) is 3. The van der Waals surface area contributed by atoms with Crippen LogP contribution in [0.1, 0.15) is 46.5 Å². The Morgan fingerprint density at radius 3 is 2.70 bits per heavy atom. The molecule has 0 aromatic heterocycles. The molecule has 1 N–H and O–H groups in total. The molecule has 2 rings (SSSR count). The van der Waals surface area contributed by atoms with E-state index in [4.69, 9.17) is 0 Å². The molecule has 0 aromatic rings. The van der Waals surface area contributed by atoms with Gasteiger partial charge in [-0.1, -0.05) is 6.92 Å². The largest absolute Gasteiger partial charge is 0.300 e. The third-order valence-corrected chi connectivity index (χ3v) is 5.32. The van der Waals surface area contributed by atoms with Crippen molar-refractivity contribution >= 4 is 0 Å². The second-order valence-corrected chi connectivity index (χ2v) is 7.18. The van der Waals surface area contributed by atoms with Crippen LogP contribution in [0.3, 0.4) is 0 Å². The van der Waals surface area contributed by atoms with Crippen LogP contribution in [0.15, 0.2) is 0 Å². The number of rotatable bonds is 3. The van der Waals surface area contributed by atoms with Crippen molar-refractivity contribution < 1.29 is 0 Å². The molecular formula is C16H30N4. The maximum absolute atomic E-state index is 9.59. The van der Waals surface area contributed by atoms with E-state index in [1.165, 1.54) is 6.42 Å². The summed E-state index contributed by atoms with van der Waals surface area (Å²) in [5.41, 5.74) is -0.0473. The lowest BCUT2D eigenvalue weighted by molar-refractivity contribution is 0.000400. The van der Waals surface area contributed by atoms with Gasteiger partial charge in [-0.05, 0) is 53.1 Å². The van der Waals surface area contributed by atoms with Crippen molar-refractivity contribution in [2.45, 2.75) is 63.6 Å². The van der Waals surface area contributed by atoms with Crippen molar-refractivity contribution in [3.63, 3.8) is 0 Å². The molecule has 0 spiro atoms. The number of hydrogen-bond acceptors (Lipinski definition) is 4. The molecule has 20 heavy (non-hydrogen) atoms. The zero-order valence-corrected chi connectivity index (χ0v) is 13.6. The first-order chi connectivity index (χ1) is 9.42. The van der Waals surface area contributed by atoms with E-state index < -0.39 is 0 Å². The summed E-state index contributed by atoms with van der Waals surface area (Å²) in [7, 11) is 2.22. The fourth-order valence-electron chi connectivity index (χ4n) is 3.79. The van der Waals surface area contributed by atoms with Gasteiger partial charge in [-0.15, -0.1) is 0 Å². The molecule has 1 heterocycles. The first-order valence-corrected chi connectivity index (χ1v) is 8.04. The molecule has 0 radical (unpaired) electrons. The van der Waals surface area contributed by atoms with E-state index in [9.17, 15) is 5.26 Å². The maximum atomic E-state index is 9.59. The highest BCUT2D eigenvalue weighted by molar-refractivity contribution is 5.11. The van der Waals surface area contributed by atoms with Gasteiger partial charge >= 0.3 is 0 Å². The van der Waals surface area contributed by atoms with Gasteiger partial charge in [0, 0.05) is 31.2 Å². The monoisotopic (exact) mass is 278 g/mol. The first-order valence-electron chi connectivity index (χ1n) is 8.04. The van der Waals surface area contributed by atoms with Crippen LogP contribution >= 0.6 is 0 Å². The van der Waals surface area contributed by atoms with Crippen LogP contribution in [0.4, 0.5) is 0 Å². The standard InChI is InChI=1S/C16H30N4/c1-5-18-16(12-17)8-6-7-14(11-16)20-10-9-19(4)15(2,3)13-20/h14,18H,5-11,13H2,1-4H3. The van der Waals surface area contributed by atoms with Gasteiger partial charge in [0.1, 0.15) is 5.54 Å². The number of nitriles is 1. The van der Waals surface area contributed by atoms with Gasteiger partial charge in [-0.2, -0.15) is 5.26 Å². The average molecular weight is 278 g/mol. The Morgan fingerprint density at radius 2 is 2.10 bits per heavy atom. The van der Waals surface area contributed by atoms with E-state index >= 15 is 0 Å². The molecule has 2 aliphatic rings. The van der Waals surface area contributed by atoms with Gasteiger partial charge in [0.15, 0.2) is 0 Å². The van der Waals surface area contributed by atoms with Crippen molar-refractivity contribution in [3.8, 4) is 6.07 Å². The number of piperazine rings is 1. The molecule has 0 aromatic carbocycles. The molecule has 114 valence electrons. The van der Waals surface area contributed by atoms with Crippen molar-refractivity contribution in [1.29, 1.82) is 5.26 Å². The van der Waals surface area contributed by atoms with Gasteiger partial charge in [-0.3, -0.25) is 15.1 Å². The third-order valence-electron chi connectivity index (χ3n) is 5.32. The predicted octanol–water partition coefficient (Wildman–Crippen LogP) is 1.83. The fraction of sp³-hybridized carbons (Fsp3) is 0.938. The zero-order valence-electron chi connectivity index (χ0n) is 13.6. The topological polar surface area (TPSA) is 42.3 Å². The van der Waals surface area contributed by atoms with Crippen LogP contribution in [-0.2, 0) is 0 Å². The molecule has 0 bridgehead atoms. The highest BCUT2D eigenvalue weighted by Gasteiger charge is 2.41. The lowest BCUT2D eigenvalue weighted by Crippen LogP contribution is -2.62. The van der Waals surface area contributed by atoms with E-state index in [2.05, 4.69) is 49.0 Å². The lowest BCUT2D eigenvalue weighted by atomic mass is 9.78. The molecule has 0 amide bonds. The van der Waals surface area contributed by atoms with Gasteiger partial charge in [0.2, 0.25) is 0 Å². The minimum absolute atomic E-state index is 0.239. The van der Waals surface area contributed by atoms with Crippen LogP contribution in [0.25, 0.3) is 0 Å². The van der Waals surface area contributed by atoms with Crippen molar-refractivity contribution in [2.75, 3.05) is 33.2 Å². The molecule has 1 aliphatic carbocycles. The summed E-state index contributed by atoms with van der Waals surface area (Å²) >= 11 is 0. The van der Waals surface area contributed by atoms with Crippen molar-refractivity contribution in [2.24, 2.45) is 0 Å². The van der Waals surface area contributed by atoms with Gasteiger partial charge < -0.3 is 0 Å². The molecule has 1 aliphatic heterocycles. The van der Waals surface area contributed by atoms with Crippen molar-refractivity contribution in [1.82, 2.24) is 15.1 Å². The SMILES string of the molecule is CCNC1(C#N)CCCC(N2CCN(C)C(C)(C)C2)C1. The molecule has 1 saturated heterocycles. The van der Waals surface area contributed by atoms with E-state index in [0.717, 1.165) is 45.4 Å². The van der Waals surface area contributed by atoms with Gasteiger partial charge in [0.25, 0.3) is 0 Å². The smallest absolute Gasteiger partial charge is 0.108 e. The fourth-order valence-corrected chi connectivity index (χ4v) is 3.79. The summed E-state index contributed by atoms with van der Waals surface area (Å²) in [4.78, 5) is 5.08. The Hall–Kier alpha value is -0.630. The number of likely N-dealkylation sites (N-methyl/N-ethyl adjacent to an activating group) is 1. The lowest BCUT2D eigenvalue weighted by Gasteiger charge is -2.50. The summed E-state index contributed by atoms with van der Waals surface area (Å²) in [6.07, 6.45) is 4.40. The predicted molar refractivity (Wildman–Crippen MR) is 82.6 cm³/mol. The van der Waals surface area contributed by atoms with E-state index in [-0.39, 0.29) is 11.1 Å². The summed E-state index contributed by atoms with van der Waals surface area (Å²) in [5.74, 6) is 0. The molecule has 4 heteroatoms. The Labute approximate surface area is 124 Å². The minimum atomic E-state index is -0.287. The summed E-state index contributed by atoms with van der Waals surface area (Å²) in [6.45, 7) is 11.0. The number of hydrogen-bond donors (Lipinski definition) is 1. The van der Waals surface area contributed by atoms with Crippen LogP contribution in [0, 0.1) is 11.3 Å². The molecular weight excluding hydrogens is 248 g/mol. The Kier molecular flexibility index (Phi) is 4.73. The molecule has 2 unspecified atom stereocenters. The third kappa shape index (κ3) is 3.16. The summed E-state index contributed by atoms with van der Waals surface area (Å²) in [5, 5.41) is 13.0. The minimum Gasteiger partial charge on any atom is -0.300 e. The summed E-state index contributed by atoms with van der Waals surface area (Å²) in [6, 6.07) is 3.13. The highest BCUT2D eigenvalue weighted by atomic mass is 15.3. The van der Waals surface area contributed by atoms with E-state index in [1.807, 2.05) is 0 Å². The first kappa shape index (κ1) is 15.8. The number of nitrogens with one attached hydrogen (secondary N) is 1. The Bertz CT molecular complexity index is 369. The summed E-state index contributed by atoms with van der Waals surface area (Å²) < 4.78 is 0. The van der Waals surface area contributed by atoms with Crippen LogP contribution in [-0.4, -0.2) is 60.1 Å². The second kappa shape index (κ2) is 6.01. The van der Waals surface area contributed by atoms with Gasteiger partial charge in [0.05, 0.1) is 6.07 Å². The molecule has 1 saturated carbocycles. The van der Waals surface area contributed by atoms with Gasteiger partial charge in [-0.25, -0.2) is 0 Å². The van der Waals surface area contributed by atoms with Crippen LogP contribution in [0.5, 0.6) is 0 Å². The quantitative estimate of drug-likeness (QED) is 0.855. The van der Waals surface area contributed by atoms with Crippen molar-refractivity contribution in [3.05, 3.63) is 0 Å². The highest BCUT2D eigenvalue weighted by Crippen LogP contribution is 2.33. The van der Waals surface area contributed by atoms with E-state index in [1.54, 1.807) is 0 Å². The molecule has 2 atom stereocenters. The van der Waals surface area contributed by atoms with Crippen LogP contribution < -0.4 is 5.32 Å². The maximum Gasteiger partial charge on any atom is 0.108 e. The molecule has 4 nitrogen and oxygen atoms in total. The average Bonchev–Trinajstić information content (AvgIpc) is 2.42. The normalized spacial score (nSPS) is 35.6. The van der Waals surface area contributed by atoms with Crippen LogP contribution in [0.2, 0.25) is 0 Å². The van der Waals surface area contributed by atoms with E-state index in [0.29, 0.717) is 6.04 Å². The molecule has 2 fully saturated rings.